The van der Waals surface area contributed by atoms with Crippen molar-refractivity contribution < 1.29 is 9.13 Å². The molecule has 0 spiro atoms. The Morgan fingerprint density at radius 1 is 1.17 bits per heavy atom. The standard InChI is InChI=1S/C22H22FN5O/c1-29-21-10-15(14-6-8-25-9-7-14)3-5-18(21)20-12-22(28-27-20)26-17-4-2-16(13-24)19(23)11-17/h2-5,10-12,14,25H,6-9H2,1H3,(H2,26,27,28). The molecule has 6 nitrogen and oxygen atoms in total. The summed E-state index contributed by atoms with van der Waals surface area (Å²) in [6.07, 6.45) is 2.25. The summed E-state index contributed by atoms with van der Waals surface area (Å²) in [5, 5.41) is 22.5. The van der Waals surface area contributed by atoms with Crippen LogP contribution >= 0.6 is 0 Å². The molecule has 29 heavy (non-hydrogen) atoms. The second kappa shape index (κ2) is 8.33. The normalized spacial score (nSPS) is 14.4. The van der Waals surface area contributed by atoms with E-state index in [1.165, 1.54) is 17.7 Å². The number of ether oxygens (including phenoxy) is 1. The van der Waals surface area contributed by atoms with Crippen LogP contribution in [0.5, 0.6) is 5.75 Å². The van der Waals surface area contributed by atoms with Gasteiger partial charge in [0.2, 0.25) is 0 Å². The van der Waals surface area contributed by atoms with E-state index in [-0.39, 0.29) is 5.56 Å². The highest BCUT2D eigenvalue weighted by molar-refractivity contribution is 5.71. The van der Waals surface area contributed by atoms with Crippen molar-refractivity contribution in [3.05, 3.63) is 59.4 Å². The third-order valence-electron chi connectivity index (χ3n) is 5.27. The van der Waals surface area contributed by atoms with Gasteiger partial charge in [-0.2, -0.15) is 10.4 Å². The van der Waals surface area contributed by atoms with Gasteiger partial charge in [0.1, 0.15) is 17.6 Å². The minimum Gasteiger partial charge on any atom is -0.496 e. The zero-order valence-corrected chi connectivity index (χ0v) is 16.1. The SMILES string of the molecule is COc1cc(C2CCNCC2)ccc1-c1cc(Nc2ccc(C#N)c(F)c2)n[nH]1. The second-order valence-electron chi connectivity index (χ2n) is 7.08. The molecule has 0 bridgehead atoms. The van der Waals surface area contributed by atoms with Crippen molar-refractivity contribution in [3.8, 4) is 23.1 Å². The Morgan fingerprint density at radius 3 is 2.72 bits per heavy atom. The monoisotopic (exact) mass is 391 g/mol. The largest absolute Gasteiger partial charge is 0.496 e. The summed E-state index contributed by atoms with van der Waals surface area (Å²) in [5.74, 6) is 1.32. The van der Waals surface area contributed by atoms with E-state index < -0.39 is 5.82 Å². The predicted molar refractivity (Wildman–Crippen MR) is 110 cm³/mol. The maximum Gasteiger partial charge on any atom is 0.152 e. The molecule has 1 aromatic heterocycles. The number of piperidine rings is 1. The Balaban J connectivity index is 1.55. The number of H-pyrrole nitrogens is 1. The highest BCUT2D eigenvalue weighted by Gasteiger charge is 2.18. The van der Waals surface area contributed by atoms with Gasteiger partial charge in [-0.25, -0.2) is 4.39 Å². The summed E-state index contributed by atoms with van der Waals surface area (Å²) in [5.41, 5.74) is 3.54. The Kier molecular flexibility index (Phi) is 5.45. The molecule has 0 aliphatic carbocycles. The number of benzene rings is 2. The molecule has 1 aliphatic heterocycles. The van der Waals surface area contributed by atoms with E-state index >= 15 is 0 Å². The van der Waals surface area contributed by atoms with Gasteiger partial charge in [0.05, 0.1) is 18.4 Å². The minimum absolute atomic E-state index is 0.0110. The average Bonchev–Trinajstić information content (AvgIpc) is 3.22. The fourth-order valence-electron chi connectivity index (χ4n) is 3.69. The van der Waals surface area contributed by atoms with Crippen LogP contribution in [0, 0.1) is 17.1 Å². The first-order chi connectivity index (χ1) is 14.2. The number of nitriles is 1. The number of aromatic amines is 1. The summed E-state index contributed by atoms with van der Waals surface area (Å²) in [7, 11) is 1.67. The maximum absolute atomic E-state index is 13.8. The molecule has 1 fully saturated rings. The van der Waals surface area contributed by atoms with Crippen LogP contribution in [0.15, 0.2) is 42.5 Å². The lowest BCUT2D eigenvalue weighted by molar-refractivity contribution is 0.412. The zero-order chi connectivity index (χ0) is 20.2. The number of rotatable bonds is 5. The first-order valence-corrected chi connectivity index (χ1v) is 9.59. The van der Waals surface area contributed by atoms with E-state index in [0.717, 1.165) is 42.9 Å². The van der Waals surface area contributed by atoms with Crippen LogP contribution in [0.2, 0.25) is 0 Å². The van der Waals surface area contributed by atoms with Crippen molar-refractivity contribution in [3.63, 3.8) is 0 Å². The summed E-state index contributed by atoms with van der Waals surface area (Å²) in [6, 6.07) is 14.3. The molecule has 4 rings (SSSR count). The number of hydrogen-bond acceptors (Lipinski definition) is 5. The fourth-order valence-corrected chi connectivity index (χ4v) is 3.69. The molecule has 0 unspecified atom stereocenters. The van der Waals surface area contributed by atoms with Gasteiger partial charge in [0.15, 0.2) is 5.82 Å². The third kappa shape index (κ3) is 4.08. The topological polar surface area (TPSA) is 85.8 Å². The molecule has 148 valence electrons. The molecule has 2 aromatic carbocycles. The molecule has 0 saturated carbocycles. The highest BCUT2D eigenvalue weighted by Crippen LogP contribution is 2.35. The Bertz CT molecular complexity index is 1050. The third-order valence-corrected chi connectivity index (χ3v) is 5.27. The molecule has 0 atom stereocenters. The van der Waals surface area contributed by atoms with E-state index in [1.807, 2.05) is 12.1 Å². The minimum atomic E-state index is -0.566. The molecular weight excluding hydrogens is 369 g/mol. The van der Waals surface area contributed by atoms with Crippen molar-refractivity contribution in [2.45, 2.75) is 18.8 Å². The summed E-state index contributed by atoms with van der Waals surface area (Å²) < 4.78 is 19.4. The molecule has 0 amide bonds. The fraction of sp³-hybridized carbons (Fsp3) is 0.273. The van der Waals surface area contributed by atoms with Crippen molar-refractivity contribution in [1.82, 2.24) is 15.5 Å². The Morgan fingerprint density at radius 2 is 2.00 bits per heavy atom. The predicted octanol–water partition coefficient (Wildman–Crippen LogP) is 4.31. The van der Waals surface area contributed by atoms with E-state index in [9.17, 15) is 4.39 Å². The number of hydrogen-bond donors (Lipinski definition) is 3. The van der Waals surface area contributed by atoms with Crippen LogP contribution in [0.25, 0.3) is 11.3 Å². The van der Waals surface area contributed by atoms with Crippen LogP contribution in [0.3, 0.4) is 0 Å². The van der Waals surface area contributed by atoms with Crippen molar-refractivity contribution in [1.29, 1.82) is 5.26 Å². The lowest BCUT2D eigenvalue weighted by Crippen LogP contribution is -2.26. The summed E-state index contributed by atoms with van der Waals surface area (Å²) in [4.78, 5) is 0. The first kappa shape index (κ1) is 19.0. The Labute approximate surface area is 168 Å². The number of aromatic nitrogens is 2. The van der Waals surface area contributed by atoms with Gasteiger partial charge >= 0.3 is 0 Å². The van der Waals surface area contributed by atoms with E-state index in [2.05, 4.69) is 39.0 Å². The van der Waals surface area contributed by atoms with Crippen molar-refractivity contribution in [2.24, 2.45) is 0 Å². The number of nitrogens with zero attached hydrogens (tertiary/aromatic N) is 2. The average molecular weight is 391 g/mol. The van der Waals surface area contributed by atoms with Crippen molar-refractivity contribution in [2.75, 3.05) is 25.5 Å². The second-order valence-corrected chi connectivity index (χ2v) is 7.08. The highest BCUT2D eigenvalue weighted by atomic mass is 19.1. The lowest BCUT2D eigenvalue weighted by atomic mass is 9.89. The van der Waals surface area contributed by atoms with Gasteiger partial charge in [-0.15, -0.1) is 0 Å². The first-order valence-electron chi connectivity index (χ1n) is 9.59. The van der Waals surface area contributed by atoms with Crippen LogP contribution < -0.4 is 15.4 Å². The van der Waals surface area contributed by atoms with Crippen LogP contribution in [0.1, 0.15) is 29.9 Å². The van der Waals surface area contributed by atoms with Gasteiger partial charge < -0.3 is 15.4 Å². The number of methoxy groups -OCH3 is 1. The van der Waals surface area contributed by atoms with Gasteiger partial charge in [0, 0.05) is 17.3 Å². The van der Waals surface area contributed by atoms with Crippen LogP contribution in [-0.2, 0) is 0 Å². The van der Waals surface area contributed by atoms with Crippen molar-refractivity contribution >= 4 is 11.5 Å². The maximum atomic E-state index is 13.8. The molecule has 7 heteroatoms. The Hall–Kier alpha value is -3.37. The molecule has 1 saturated heterocycles. The molecule has 2 heterocycles. The summed E-state index contributed by atoms with van der Waals surface area (Å²) >= 11 is 0. The van der Waals surface area contributed by atoms with Crippen LogP contribution in [0.4, 0.5) is 15.9 Å². The molecule has 3 aromatic rings. The van der Waals surface area contributed by atoms with E-state index in [4.69, 9.17) is 10.00 Å². The lowest BCUT2D eigenvalue weighted by Gasteiger charge is -2.23. The van der Waals surface area contributed by atoms with E-state index in [0.29, 0.717) is 17.4 Å². The van der Waals surface area contributed by atoms with Crippen LogP contribution in [-0.4, -0.2) is 30.4 Å². The zero-order valence-electron chi connectivity index (χ0n) is 16.1. The quantitative estimate of drug-likeness (QED) is 0.604. The van der Waals surface area contributed by atoms with E-state index in [1.54, 1.807) is 13.2 Å². The molecule has 3 N–H and O–H groups in total. The van der Waals surface area contributed by atoms with Gasteiger partial charge in [-0.3, -0.25) is 5.10 Å². The smallest absolute Gasteiger partial charge is 0.152 e. The number of nitrogens with one attached hydrogen (secondary N) is 3. The summed E-state index contributed by atoms with van der Waals surface area (Å²) in [6.45, 7) is 2.08. The molecular formula is C22H22FN5O. The van der Waals surface area contributed by atoms with Gasteiger partial charge in [-0.05, 0) is 67.7 Å². The van der Waals surface area contributed by atoms with Gasteiger partial charge in [-0.1, -0.05) is 6.07 Å². The van der Waals surface area contributed by atoms with Gasteiger partial charge in [0.25, 0.3) is 0 Å². The molecule has 1 aliphatic rings. The molecule has 0 radical (unpaired) electrons. The number of anilines is 2. The number of halogens is 1.